The average Bonchev–Trinajstić information content (AvgIpc) is 3.17. The van der Waals surface area contributed by atoms with Crippen molar-refractivity contribution < 1.29 is 23.1 Å². The molecule has 1 aromatic rings. The molecule has 1 amide bonds. The zero-order chi connectivity index (χ0) is 15.3. The van der Waals surface area contributed by atoms with E-state index in [1.807, 2.05) is 0 Å². The number of carbonyl (C=O) groups excluding carboxylic acids is 1. The van der Waals surface area contributed by atoms with Crippen LogP contribution in [-0.2, 0) is 0 Å². The number of halogens is 3. The van der Waals surface area contributed by atoms with Crippen molar-refractivity contribution in [2.75, 3.05) is 13.1 Å². The number of carbonyl (C=O) groups is 1. The molecule has 1 aliphatic heterocycles. The van der Waals surface area contributed by atoms with Crippen LogP contribution in [0.1, 0.15) is 23.2 Å². The lowest BCUT2D eigenvalue weighted by Crippen LogP contribution is -2.64. The van der Waals surface area contributed by atoms with Crippen LogP contribution in [0.2, 0.25) is 0 Å². The zero-order valence-corrected chi connectivity index (χ0v) is 11.9. The normalized spacial score (nSPS) is 21.0. The summed E-state index contributed by atoms with van der Waals surface area (Å²) in [6.07, 6.45) is 1.91. The molecule has 1 N–H and O–H groups in total. The SMILES string of the molecule is O=C(c1ccccc1SC(F)(F)F)N1CC(O)(C2CC2)C1. The summed E-state index contributed by atoms with van der Waals surface area (Å²) < 4.78 is 37.6. The molecule has 0 aromatic heterocycles. The van der Waals surface area contributed by atoms with E-state index in [1.54, 1.807) is 6.07 Å². The van der Waals surface area contributed by atoms with Gasteiger partial charge in [-0.25, -0.2) is 0 Å². The van der Waals surface area contributed by atoms with E-state index in [0.717, 1.165) is 12.8 Å². The number of likely N-dealkylation sites (tertiary alicyclic amines) is 1. The fourth-order valence-corrected chi connectivity index (χ4v) is 3.33. The number of β-amino-alcohol motifs (C(OH)–C–C–N with tert-alkyl or cyclic N) is 1. The van der Waals surface area contributed by atoms with Gasteiger partial charge in [-0.3, -0.25) is 4.79 Å². The van der Waals surface area contributed by atoms with Gasteiger partial charge in [0.25, 0.3) is 5.91 Å². The Balaban J connectivity index is 1.73. The second-order valence-corrected chi connectivity index (χ2v) is 6.69. The standard InChI is InChI=1S/C14H14F3NO2S/c15-14(16,17)21-11-4-2-1-3-10(11)12(19)18-7-13(20,8-18)9-5-6-9/h1-4,9,20H,5-8H2. The van der Waals surface area contributed by atoms with Gasteiger partial charge in [-0.05, 0) is 42.7 Å². The smallest absolute Gasteiger partial charge is 0.386 e. The maximum atomic E-state index is 12.5. The van der Waals surface area contributed by atoms with Gasteiger partial charge in [-0.2, -0.15) is 13.2 Å². The van der Waals surface area contributed by atoms with Crippen molar-refractivity contribution in [1.82, 2.24) is 4.90 Å². The van der Waals surface area contributed by atoms with E-state index in [-0.39, 0.29) is 41.2 Å². The molecule has 0 radical (unpaired) electrons. The van der Waals surface area contributed by atoms with Gasteiger partial charge >= 0.3 is 5.51 Å². The second kappa shape index (κ2) is 4.91. The van der Waals surface area contributed by atoms with Crippen LogP contribution in [0.15, 0.2) is 29.2 Å². The predicted octanol–water partition coefficient (Wildman–Crippen LogP) is 2.90. The fraction of sp³-hybridized carbons (Fsp3) is 0.500. The Bertz CT molecular complexity index is 566. The summed E-state index contributed by atoms with van der Waals surface area (Å²) in [4.78, 5) is 13.6. The third kappa shape index (κ3) is 3.03. The van der Waals surface area contributed by atoms with Gasteiger partial charge < -0.3 is 10.0 Å². The average molecular weight is 317 g/mol. The molecule has 2 aliphatic rings. The minimum absolute atomic E-state index is 0.0395. The lowest BCUT2D eigenvalue weighted by atomic mass is 9.88. The molecule has 0 spiro atoms. The molecule has 0 atom stereocenters. The van der Waals surface area contributed by atoms with Crippen LogP contribution in [0.25, 0.3) is 0 Å². The minimum Gasteiger partial charge on any atom is -0.386 e. The number of nitrogens with zero attached hydrogens (tertiary/aromatic N) is 1. The van der Waals surface area contributed by atoms with Gasteiger partial charge in [0.05, 0.1) is 18.7 Å². The molecule has 1 aliphatic carbocycles. The predicted molar refractivity (Wildman–Crippen MR) is 71.9 cm³/mol. The molecule has 7 heteroatoms. The number of alkyl halides is 3. The number of hydrogen-bond acceptors (Lipinski definition) is 3. The van der Waals surface area contributed by atoms with Gasteiger partial charge in [0.2, 0.25) is 0 Å². The van der Waals surface area contributed by atoms with E-state index in [2.05, 4.69) is 0 Å². The van der Waals surface area contributed by atoms with E-state index in [1.165, 1.54) is 23.1 Å². The van der Waals surface area contributed by atoms with Crippen molar-refractivity contribution >= 4 is 17.7 Å². The van der Waals surface area contributed by atoms with E-state index in [4.69, 9.17) is 0 Å². The number of rotatable bonds is 3. The molecule has 3 nitrogen and oxygen atoms in total. The van der Waals surface area contributed by atoms with Crippen molar-refractivity contribution in [2.24, 2.45) is 5.92 Å². The molecule has 0 unspecified atom stereocenters. The van der Waals surface area contributed by atoms with Crippen molar-refractivity contribution in [3.05, 3.63) is 29.8 Å². The summed E-state index contributed by atoms with van der Waals surface area (Å²) in [5.74, 6) is -0.214. The summed E-state index contributed by atoms with van der Waals surface area (Å²) in [5, 5.41) is 10.2. The third-order valence-electron chi connectivity index (χ3n) is 3.90. The second-order valence-electron chi connectivity index (χ2n) is 5.58. The fourth-order valence-electron chi connectivity index (χ4n) is 2.66. The molecular weight excluding hydrogens is 303 g/mol. The van der Waals surface area contributed by atoms with Crippen LogP contribution >= 0.6 is 11.8 Å². The van der Waals surface area contributed by atoms with Crippen LogP contribution < -0.4 is 0 Å². The van der Waals surface area contributed by atoms with E-state index < -0.39 is 17.0 Å². The summed E-state index contributed by atoms with van der Waals surface area (Å²) in [5.41, 5.74) is -5.22. The van der Waals surface area contributed by atoms with Crippen LogP contribution in [-0.4, -0.2) is 40.1 Å². The van der Waals surface area contributed by atoms with Gasteiger partial charge in [0.1, 0.15) is 5.60 Å². The maximum absolute atomic E-state index is 12.5. The highest BCUT2D eigenvalue weighted by molar-refractivity contribution is 8.00. The first kappa shape index (κ1) is 14.7. The highest BCUT2D eigenvalue weighted by Crippen LogP contribution is 2.45. The van der Waals surface area contributed by atoms with E-state index >= 15 is 0 Å². The zero-order valence-electron chi connectivity index (χ0n) is 11.1. The molecule has 1 saturated carbocycles. The molecule has 114 valence electrons. The summed E-state index contributed by atoms with van der Waals surface area (Å²) in [6.45, 7) is 0.420. The lowest BCUT2D eigenvalue weighted by Gasteiger charge is -2.47. The number of hydrogen-bond donors (Lipinski definition) is 1. The Morgan fingerprint density at radius 3 is 2.48 bits per heavy atom. The third-order valence-corrected chi connectivity index (χ3v) is 4.70. The molecule has 21 heavy (non-hydrogen) atoms. The first-order chi connectivity index (χ1) is 9.78. The van der Waals surface area contributed by atoms with Crippen LogP contribution in [0.3, 0.4) is 0 Å². The monoisotopic (exact) mass is 317 g/mol. The first-order valence-electron chi connectivity index (χ1n) is 6.65. The number of thioether (sulfide) groups is 1. The number of aliphatic hydroxyl groups is 1. The Hall–Kier alpha value is -1.21. The molecule has 0 bridgehead atoms. The van der Waals surface area contributed by atoms with Crippen LogP contribution in [0, 0.1) is 5.92 Å². The van der Waals surface area contributed by atoms with Crippen molar-refractivity contribution in [3.8, 4) is 0 Å². The Labute approximate surface area is 124 Å². The quantitative estimate of drug-likeness (QED) is 0.872. The highest BCUT2D eigenvalue weighted by atomic mass is 32.2. The van der Waals surface area contributed by atoms with Crippen molar-refractivity contribution in [1.29, 1.82) is 0 Å². The van der Waals surface area contributed by atoms with E-state index in [9.17, 15) is 23.1 Å². The molecule has 1 saturated heterocycles. The van der Waals surface area contributed by atoms with Gasteiger partial charge in [0.15, 0.2) is 0 Å². The maximum Gasteiger partial charge on any atom is 0.446 e. The van der Waals surface area contributed by atoms with E-state index in [0.29, 0.717) is 0 Å². The van der Waals surface area contributed by atoms with Gasteiger partial charge in [0, 0.05) is 4.90 Å². The number of benzene rings is 1. The van der Waals surface area contributed by atoms with Gasteiger partial charge in [-0.1, -0.05) is 12.1 Å². The summed E-state index contributed by atoms with van der Waals surface area (Å²) in [7, 11) is 0. The lowest BCUT2D eigenvalue weighted by molar-refractivity contribution is -0.0959. The Morgan fingerprint density at radius 1 is 1.29 bits per heavy atom. The molecular formula is C14H14F3NO2S. The highest BCUT2D eigenvalue weighted by Gasteiger charge is 2.53. The Morgan fingerprint density at radius 2 is 1.90 bits per heavy atom. The van der Waals surface area contributed by atoms with Crippen molar-refractivity contribution in [3.63, 3.8) is 0 Å². The van der Waals surface area contributed by atoms with Crippen LogP contribution in [0.4, 0.5) is 13.2 Å². The molecule has 2 fully saturated rings. The topological polar surface area (TPSA) is 40.5 Å². The first-order valence-corrected chi connectivity index (χ1v) is 7.47. The summed E-state index contributed by atoms with van der Waals surface area (Å²) in [6, 6.07) is 5.70. The minimum atomic E-state index is -4.43. The molecule has 3 rings (SSSR count). The molecule has 1 aromatic carbocycles. The van der Waals surface area contributed by atoms with Crippen molar-refractivity contribution in [2.45, 2.75) is 28.8 Å². The van der Waals surface area contributed by atoms with Gasteiger partial charge in [-0.15, -0.1) is 0 Å². The number of amides is 1. The van der Waals surface area contributed by atoms with Crippen LogP contribution in [0.5, 0.6) is 0 Å². The Kier molecular flexibility index (Phi) is 3.44. The molecule has 1 heterocycles. The summed E-state index contributed by atoms with van der Waals surface area (Å²) >= 11 is -0.284. The largest absolute Gasteiger partial charge is 0.446 e.